The molecule has 0 aromatic carbocycles. The molecule has 164 valence electrons. The van der Waals surface area contributed by atoms with E-state index >= 15 is 0 Å². The molecular formula is C16H22BF4NO7. The lowest BCUT2D eigenvalue weighted by atomic mass is 9.85. The van der Waals surface area contributed by atoms with Gasteiger partial charge in [0.05, 0.1) is 29.7 Å². The fourth-order valence-corrected chi connectivity index (χ4v) is 3.47. The van der Waals surface area contributed by atoms with Crippen molar-refractivity contribution >= 4 is 30.6 Å². The van der Waals surface area contributed by atoms with Crippen molar-refractivity contribution in [2.45, 2.75) is 45.5 Å². The molecule has 0 amide bonds. The first kappa shape index (κ1) is 25.0. The lowest BCUT2D eigenvalue weighted by molar-refractivity contribution is -0.143. The molecule has 0 heterocycles. The van der Waals surface area contributed by atoms with Crippen LogP contribution in [0.1, 0.15) is 20.8 Å². The molecule has 0 aromatic rings. The second-order valence-electron chi connectivity index (χ2n) is 7.36. The van der Waals surface area contributed by atoms with E-state index in [4.69, 9.17) is 15.2 Å². The van der Waals surface area contributed by atoms with Gasteiger partial charge in [-0.15, -0.1) is 0 Å². The number of rotatable bonds is 8. The third-order valence-electron chi connectivity index (χ3n) is 5.07. The molecule has 4 N–H and O–H groups in total. The molecule has 2 fully saturated rings. The summed E-state index contributed by atoms with van der Waals surface area (Å²) in [5, 5.41) is 28.1. The third-order valence-corrected chi connectivity index (χ3v) is 5.07. The maximum absolute atomic E-state index is 13.3. The Bertz CT molecular complexity index is 703. The van der Waals surface area contributed by atoms with Crippen molar-refractivity contribution in [2.24, 2.45) is 29.6 Å². The molecule has 6 atom stereocenters. The Hall–Kier alpha value is -2.02. The van der Waals surface area contributed by atoms with Gasteiger partial charge in [-0.05, 0) is 20.7 Å². The highest BCUT2D eigenvalue weighted by Gasteiger charge is 2.75. The van der Waals surface area contributed by atoms with E-state index in [1.807, 2.05) is 0 Å². The van der Waals surface area contributed by atoms with E-state index in [-0.39, 0.29) is 0 Å². The summed E-state index contributed by atoms with van der Waals surface area (Å²) in [5.74, 6) is -18.2. The van der Waals surface area contributed by atoms with Gasteiger partial charge in [-0.25, -0.2) is 17.6 Å². The molecule has 2 rings (SSSR count). The topological polar surface area (TPSA) is 141 Å². The number of hydrogen-bond acceptors (Lipinski definition) is 6. The molecule has 0 aromatic heterocycles. The fourth-order valence-electron chi connectivity index (χ4n) is 3.47. The Balaban J connectivity index is 0.000000296. The second-order valence-corrected chi connectivity index (χ2v) is 7.36. The van der Waals surface area contributed by atoms with Gasteiger partial charge in [-0.2, -0.15) is 0 Å². The molecule has 8 nitrogen and oxygen atoms in total. The highest BCUT2D eigenvalue weighted by molar-refractivity contribution is 6.46. The average molecular weight is 427 g/mol. The molecule has 2 aliphatic carbocycles. The third kappa shape index (κ3) is 5.13. The molecule has 2 aliphatic rings. The molecule has 3 unspecified atom stereocenters. The van der Waals surface area contributed by atoms with Gasteiger partial charge in [0, 0.05) is 0 Å². The van der Waals surface area contributed by atoms with Gasteiger partial charge in [0.2, 0.25) is 0 Å². The summed E-state index contributed by atoms with van der Waals surface area (Å²) in [6.07, 6.45) is 0. The number of Topliss-reactive ketones (excluding diaryl/α,β-unsaturated/α-hetero) is 2. The summed E-state index contributed by atoms with van der Waals surface area (Å²) in [6.45, 7) is 4.66. The minimum absolute atomic E-state index is 0.505. The number of carbonyl (C=O) groups is 4. The molecule has 0 saturated heterocycles. The molecule has 0 spiro atoms. The van der Waals surface area contributed by atoms with Crippen LogP contribution in [-0.4, -0.2) is 63.7 Å². The summed E-state index contributed by atoms with van der Waals surface area (Å²) in [5.41, 5.74) is 0. The normalized spacial score (nSPS) is 30.1. The molecule has 29 heavy (non-hydrogen) atoms. The van der Waals surface area contributed by atoms with E-state index in [1.54, 1.807) is 0 Å². The van der Waals surface area contributed by atoms with Crippen LogP contribution in [0.15, 0.2) is 0 Å². The highest BCUT2D eigenvalue weighted by atomic mass is 19.3. The Morgan fingerprint density at radius 2 is 1.41 bits per heavy atom. The van der Waals surface area contributed by atoms with Crippen LogP contribution in [0, 0.1) is 29.6 Å². The number of nitrogens with one attached hydrogen (secondary N) is 1. The minimum Gasteiger partial charge on any atom is -0.481 e. The number of alkyl halides is 4. The first-order chi connectivity index (χ1) is 13.0. The second kappa shape index (κ2) is 8.38. The van der Waals surface area contributed by atoms with E-state index in [1.165, 1.54) is 6.82 Å². The number of carboxylic acids is 2. The number of carboxylic acid groups (broad SMARTS) is 2. The zero-order chi connectivity index (χ0) is 23.1. The minimum atomic E-state index is -3.37. The number of halogens is 4. The van der Waals surface area contributed by atoms with E-state index in [0.717, 1.165) is 20.8 Å². The molecule has 0 radical (unpaired) electrons. The van der Waals surface area contributed by atoms with Gasteiger partial charge in [0.25, 0.3) is 11.8 Å². The highest BCUT2D eigenvalue weighted by Crippen LogP contribution is 2.59. The number of carbonyl (C=O) groups excluding carboxylic acids is 2. The Labute approximate surface area is 163 Å². The van der Waals surface area contributed by atoms with Crippen molar-refractivity contribution < 1.29 is 52.0 Å². The lowest BCUT2D eigenvalue weighted by Gasteiger charge is -2.15. The zero-order valence-electron chi connectivity index (χ0n) is 16.0. The number of hydrogen-bond donors (Lipinski definition) is 4. The standard InChI is InChI=1S/C9H14BF2NO3.C7H8F2O4/c1-4(14)6-7(9(6,11)12)8(5(2)15)13-10(3)16;1-2(5(10)11)3-4(6(12)13)7(3,8)9/h6-8,13,16H,1-3H3;2-4H,1H3,(H,10,11)(H,12,13)/t;2-,3+,4-/m.1/s1. The van der Waals surface area contributed by atoms with Crippen LogP contribution in [0.5, 0.6) is 0 Å². The summed E-state index contributed by atoms with van der Waals surface area (Å²) in [4.78, 5) is 42.7. The summed E-state index contributed by atoms with van der Waals surface area (Å²) < 4.78 is 51.9. The molecule has 0 aliphatic heterocycles. The van der Waals surface area contributed by atoms with Crippen LogP contribution in [0.2, 0.25) is 6.82 Å². The Kier molecular flexibility index (Phi) is 7.23. The van der Waals surface area contributed by atoms with Crippen LogP contribution < -0.4 is 5.23 Å². The van der Waals surface area contributed by atoms with Gasteiger partial charge in [-0.3, -0.25) is 19.2 Å². The molecule has 13 heteroatoms. The lowest BCUT2D eigenvalue weighted by Crippen LogP contribution is -2.46. The maximum Gasteiger partial charge on any atom is 0.374 e. The smallest absolute Gasteiger partial charge is 0.374 e. The van der Waals surface area contributed by atoms with E-state index in [2.05, 4.69) is 5.23 Å². The van der Waals surface area contributed by atoms with Crippen LogP contribution >= 0.6 is 0 Å². The molecular weight excluding hydrogens is 405 g/mol. The van der Waals surface area contributed by atoms with Gasteiger partial charge >= 0.3 is 19.0 Å². The maximum atomic E-state index is 13.3. The van der Waals surface area contributed by atoms with Crippen molar-refractivity contribution in [3.63, 3.8) is 0 Å². The SMILES string of the molecule is CB(O)NC(C(C)=O)C1C(C(C)=O)C1(F)F.C[C@@H](C(=O)O)[C@H]1[C@H](C(=O)O)C1(F)F. The van der Waals surface area contributed by atoms with Crippen LogP contribution in [0.25, 0.3) is 0 Å². The van der Waals surface area contributed by atoms with Gasteiger partial charge in [0.1, 0.15) is 17.5 Å². The number of aliphatic carboxylic acids is 2. The van der Waals surface area contributed by atoms with Crippen molar-refractivity contribution in [3.8, 4) is 0 Å². The quantitative estimate of drug-likeness (QED) is 0.329. The summed E-state index contributed by atoms with van der Waals surface area (Å²) in [6, 6.07) is -1.18. The number of ketones is 2. The Morgan fingerprint density at radius 1 is 0.966 bits per heavy atom. The predicted molar refractivity (Wildman–Crippen MR) is 90.4 cm³/mol. The van der Waals surface area contributed by atoms with Crippen molar-refractivity contribution in [1.29, 1.82) is 0 Å². The first-order valence-electron chi connectivity index (χ1n) is 8.65. The van der Waals surface area contributed by atoms with E-state index in [9.17, 15) is 36.7 Å². The average Bonchev–Trinajstić information content (AvgIpc) is 3.32. The van der Waals surface area contributed by atoms with E-state index < -0.39 is 78.0 Å². The molecule has 2 saturated carbocycles. The van der Waals surface area contributed by atoms with Gasteiger partial charge < -0.3 is 20.5 Å². The zero-order valence-corrected chi connectivity index (χ0v) is 16.0. The largest absolute Gasteiger partial charge is 0.481 e. The summed E-state index contributed by atoms with van der Waals surface area (Å²) in [7, 11) is -1.07. The van der Waals surface area contributed by atoms with Gasteiger partial charge in [-0.1, -0.05) is 6.92 Å². The first-order valence-corrected chi connectivity index (χ1v) is 8.65. The monoisotopic (exact) mass is 427 g/mol. The van der Waals surface area contributed by atoms with Crippen molar-refractivity contribution in [3.05, 3.63) is 0 Å². The van der Waals surface area contributed by atoms with Crippen LogP contribution in [-0.2, 0) is 19.2 Å². The summed E-state index contributed by atoms with van der Waals surface area (Å²) >= 11 is 0. The van der Waals surface area contributed by atoms with Crippen LogP contribution in [0.3, 0.4) is 0 Å². The van der Waals surface area contributed by atoms with Crippen molar-refractivity contribution in [1.82, 2.24) is 5.23 Å². The predicted octanol–water partition coefficient (Wildman–Crippen LogP) is 0.787. The Morgan fingerprint density at radius 3 is 1.66 bits per heavy atom. The van der Waals surface area contributed by atoms with Crippen molar-refractivity contribution in [2.75, 3.05) is 0 Å². The fraction of sp³-hybridized carbons (Fsp3) is 0.750. The van der Waals surface area contributed by atoms with E-state index in [0.29, 0.717) is 0 Å². The van der Waals surface area contributed by atoms with Gasteiger partial charge in [0.15, 0.2) is 0 Å². The van der Waals surface area contributed by atoms with Crippen LogP contribution in [0.4, 0.5) is 17.6 Å². The molecule has 0 bridgehead atoms.